The third-order valence-electron chi connectivity index (χ3n) is 11.9. The first kappa shape index (κ1) is 41.1. The number of unbranched alkanes of at least 4 members (excludes halogenated alkanes) is 4. The van der Waals surface area contributed by atoms with Crippen molar-refractivity contribution in [3.05, 3.63) is 156 Å². The molecule has 0 fully saturated rings. The highest BCUT2D eigenvalue weighted by Crippen LogP contribution is 2.52. The number of aryl methyl sites for hydroxylation is 4. The van der Waals surface area contributed by atoms with E-state index in [2.05, 4.69) is 161 Å². The Morgan fingerprint density at radius 1 is 0.339 bits per heavy atom. The molecule has 8 aromatic rings. The molecule has 0 saturated heterocycles. The third kappa shape index (κ3) is 8.66. The molecule has 0 unspecified atom stereocenters. The van der Waals surface area contributed by atoms with Gasteiger partial charge in [-0.15, -0.1) is 0 Å². The minimum absolute atomic E-state index is 0.998. The molecule has 8 aromatic carbocycles. The van der Waals surface area contributed by atoms with Crippen LogP contribution in [-0.2, 0) is 25.7 Å². The maximum absolute atomic E-state index is 8.03. The Hall–Kier alpha value is -4.70. The van der Waals surface area contributed by atoms with E-state index in [9.17, 15) is 0 Å². The topological polar surface area (TPSA) is 9.23 Å². The lowest BCUT2D eigenvalue weighted by atomic mass is 9.86. The molecule has 3 heteroatoms. The summed E-state index contributed by atoms with van der Waals surface area (Å²) in [6.07, 6.45) is 13.2. The van der Waals surface area contributed by atoms with Gasteiger partial charge < -0.3 is 4.74 Å². The van der Waals surface area contributed by atoms with E-state index >= 15 is 0 Å². The Balaban J connectivity index is 1.51. The smallest absolute Gasteiger partial charge is 0.149 e. The molecule has 0 radical (unpaired) electrons. The van der Waals surface area contributed by atoms with Crippen molar-refractivity contribution >= 4 is 66.6 Å². The highest BCUT2D eigenvalue weighted by molar-refractivity contribution is 7.99. The molecule has 0 atom stereocenters. The maximum atomic E-state index is 8.03. The Kier molecular flexibility index (Phi) is 13.6. The molecule has 0 heterocycles. The molecule has 0 aliphatic carbocycles. The van der Waals surface area contributed by atoms with Gasteiger partial charge in [0.2, 0.25) is 0 Å². The van der Waals surface area contributed by atoms with Crippen LogP contribution in [0.2, 0.25) is 0 Å². The van der Waals surface area contributed by atoms with Crippen molar-refractivity contribution in [2.24, 2.45) is 0 Å². The summed E-state index contributed by atoms with van der Waals surface area (Å²) in [5.41, 5.74) is 5.74. The normalized spacial score (nSPS) is 11.7. The number of hydrogen-bond acceptors (Lipinski definition) is 3. The van der Waals surface area contributed by atoms with Crippen LogP contribution in [0.5, 0.6) is 11.5 Å². The fraction of sp³-hybridized carbons (Fsp3) is 0.286. The van der Waals surface area contributed by atoms with Crippen LogP contribution in [-0.4, -0.2) is 0 Å². The maximum Gasteiger partial charge on any atom is 0.149 e. The number of benzene rings is 8. The lowest BCUT2D eigenvalue weighted by Crippen LogP contribution is -2.02. The number of fused-ring (bicyclic) bond motifs is 4. The second-order valence-corrected chi connectivity index (χ2v) is 18.2. The van der Waals surface area contributed by atoms with E-state index in [0.717, 1.165) is 98.3 Å². The van der Waals surface area contributed by atoms with Gasteiger partial charge in [0.15, 0.2) is 0 Å². The lowest BCUT2D eigenvalue weighted by molar-refractivity contribution is 0.471. The van der Waals surface area contributed by atoms with Gasteiger partial charge in [-0.1, -0.05) is 174 Å². The fourth-order valence-electron chi connectivity index (χ4n) is 8.98. The van der Waals surface area contributed by atoms with Gasteiger partial charge in [0.25, 0.3) is 0 Å². The minimum Gasteiger partial charge on any atom is -0.454 e. The molecule has 8 rings (SSSR count). The van der Waals surface area contributed by atoms with Crippen molar-refractivity contribution in [1.29, 1.82) is 0 Å². The number of rotatable bonds is 18. The van der Waals surface area contributed by atoms with Gasteiger partial charge in [-0.05, 0) is 142 Å². The SMILES string of the molecule is CCCCc1c2ccccc2c(CCCC)c2c(Oc3c(Sc4ccccc4)ccc4c(CCCC)c5ccccc5c(CCCC)c34)c(Sc3ccccc3)ccc12. The van der Waals surface area contributed by atoms with Crippen molar-refractivity contribution < 1.29 is 4.74 Å². The molecule has 0 aliphatic heterocycles. The summed E-state index contributed by atoms with van der Waals surface area (Å²) in [6.45, 7) is 9.25. The van der Waals surface area contributed by atoms with Gasteiger partial charge in [0, 0.05) is 20.6 Å². The number of ether oxygens (including phenoxy) is 1. The van der Waals surface area contributed by atoms with E-state index in [1.54, 1.807) is 0 Å². The monoisotopic (exact) mass is 810 g/mol. The second kappa shape index (κ2) is 19.6. The van der Waals surface area contributed by atoms with E-state index in [4.69, 9.17) is 4.74 Å². The molecule has 1 nitrogen and oxygen atoms in total. The zero-order valence-electron chi connectivity index (χ0n) is 35.4. The first-order chi connectivity index (χ1) is 29.1. The van der Waals surface area contributed by atoms with E-state index in [1.165, 1.54) is 75.1 Å². The predicted molar refractivity (Wildman–Crippen MR) is 259 cm³/mol. The molecule has 0 saturated carbocycles. The molecule has 0 bridgehead atoms. The summed E-state index contributed by atoms with van der Waals surface area (Å²) in [6, 6.07) is 49.7. The average Bonchev–Trinajstić information content (AvgIpc) is 3.28. The Labute approximate surface area is 361 Å². The van der Waals surface area contributed by atoms with Gasteiger partial charge in [0.05, 0.1) is 9.79 Å². The van der Waals surface area contributed by atoms with E-state index in [0.29, 0.717) is 0 Å². The molecule has 0 spiro atoms. The summed E-state index contributed by atoms with van der Waals surface area (Å²) in [5, 5.41) is 10.8. The Morgan fingerprint density at radius 2 is 0.661 bits per heavy atom. The predicted octanol–water partition coefficient (Wildman–Crippen LogP) is 17.8. The Bertz CT molecular complexity index is 2490. The molecule has 0 aromatic heterocycles. The minimum atomic E-state index is 0.998. The van der Waals surface area contributed by atoms with Crippen molar-refractivity contribution in [2.45, 2.75) is 124 Å². The van der Waals surface area contributed by atoms with E-state index in [-0.39, 0.29) is 0 Å². The highest BCUT2D eigenvalue weighted by Gasteiger charge is 2.25. The second-order valence-electron chi connectivity index (χ2n) is 16.0. The standard InChI is InChI=1S/C56H58OS2/c1-5-9-27-43-41-31-19-21-33-45(41)47(29-11-7-3)53-49(43)35-37-51(58-39-23-15-13-16-24-39)55(53)57-56-52(59-40-25-17-14-18-26-40)38-36-50-44(28-10-6-2)42-32-20-22-34-46(42)48(54(50)56)30-12-8-4/h13-26,31-38H,5-12,27-30H2,1-4H3. The molecular formula is C56H58OS2. The largest absolute Gasteiger partial charge is 0.454 e. The van der Waals surface area contributed by atoms with Crippen LogP contribution in [0.25, 0.3) is 43.1 Å². The zero-order chi connectivity index (χ0) is 40.6. The Morgan fingerprint density at radius 3 is 1.02 bits per heavy atom. The summed E-state index contributed by atoms with van der Waals surface area (Å²) in [5.74, 6) is 2.00. The van der Waals surface area contributed by atoms with Crippen LogP contribution in [0, 0.1) is 0 Å². The van der Waals surface area contributed by atoms with Crippen LogP contribution in [0.3, 0.4) is 0 Å². The summed E-state index contributed by atoms with van der Waals surface area (Å²) < 4.78 is 8.03. The van der Waals surface area contributed by atoms with Crippen LogP contribution in [0.1, 0.15) is 101 Å². The van der Waals surface area contributed by atoms with Crippen molar-refractivity contribution in [3.8, 4) is 11.5 Å². The first-order valence-corrected chi connectivity index (χ1v) is 23.9. The lowest BCUT2D eigenvalue weighted by Gasteiger charge is -2.25. The molecule has 0 aliphatic rings. The summed E-state index contributed by atoms with van der Waals surface area (Å²) in [4.78, 5) is 4.75. The van der Waals surface area contributed by atoms with Gasteiger partial charge in [-0.2, -0.15) is 0 Å². The van der Waals surface area contributed by atoms with Crippen LogP contribution in [0.4, 0.5) is 0 Å². The summed E-state index contributed by atoms with van der Waals surface area (Å²) in [7, 11) is 0. The molecule has 0 N–H and O–H groups in total. The van der Waals surface area contributed by atoms with E-state index < -0.39 is 0 Å². The van der Waals surface area contributed by atoms with E-state index in [1.807, 2.05) is 23.5 Å². The first-order valence-electron chi connectivity index (χ1n) is 22.3. The quantitative estimate of drug-likeness (QED) is 0.0799. The van der Waals surface area contributed by atoms with Crippen LogP contribution < -0.4 is 4.74 Å². The molecule has 59 heavy (non-hydrogen) atoms. The highest BCUT2D eigenvalue weighted by atomic mass is 32.2. The third-order valence-corrected chi connectivity index (χ3v) is 14.0. The van der Waals surface area contributed by atoms with Gasteiger partial charge in [0.1, 0.15) is 11.5 Å². The van der Waals surface area contributed by atoms with Gasteiger partial charge in [-0.3, -0.25) is 0 Å². The molecule has 0 amide bonds. The molecular weight excluding hydrogens is 753 g/mol. The van der Waals surface area contributed by atoms with Crippen LogP contribution >= 0.6 is 23.5 Å². The van der Waals surface area contributed by atoms with Gasteiger partial charge >= 0.3 is 0 Å². The summed E-state index contributed by atoms with van der Waals surface area (Å²) >= 11 is 3.66. The van der Waals surface area contributed by atoms with Crippen LogP contribution in [0.15, 0.2) is 153 Å². The average molecular weight is 811 g/mol. The number of hydrogen-bond donors (Lipinski definition) is 0. The van der Waals surface area contributed by atoms with Gasteiger partial charge in [-0.25, -0.2) is 0 Å². The van der Waals surface area contributed by atoms with Crippen molar-refractivity contribution in [1.82, 2.24) is 0 Å². The molecule has 300 valence electrons. The zero-order valence-corrected chi connectivity index (χ0v) is 37.0. The van der Waals surface area contributed by atoms with Crippen molar-refractivity contribution in [3.63, 3.8) is 0 Å². The van der Waals surface area contributed by atoms with Crippen molar-refractivity contribution in [2.75, 3.05) is 0 Å². The fourth-order valence-corrected chi connectivity index (χ4v) is 10.8.